The number of carbonyl (C=O) groups excluding carboxylic acids is 1. The maximum atomic E-state index is 12.5. The second-order valence-electron chi connectivity index (χ2n) is 5.56. The van der Waals surface area contributed by atoms with Gasteiger partial charge in [0.1, 0.15) is 5.69 Å². The van der Waals surface area contributed by atoms with Crippen molar-refractivity contribution in [1.82, 2.24) is 4.31 Å². The SMILES string of the molecule is CCOC(=O)[C@H](C)CNc1ccc(S(=O)(=O)N(CC)CC)cc1[N+](=O)[O-]. The molecule has 1 N–H and O–H groups in total. The fraction of sp³-hybridized carbons (Fsp3) is 0.562. The van der Waals surface area contributed by atoms with Crippen LogP contribution in [0.3, 0.4) is 0 Å². The number of nitrogens with zero attached hydrogens (tertiary/aromatic N) is 2. The molecule has 0 aliphatic heterocycles. The molecule has 0 radical (unpaired) electrons. The number of rotatable bonds is 10. The summed E-state index contributed by atoms with van der Waals surface area (Å²) < 4.78 is 31.2. The minimum Gasteiger partial charge on any atom is -0.466 e. The third-order valence-electron chi connectivity index (χ3n) is 3.80. The van der Waals surface area contributed by atoms with Crippen molar-refractivity contribution in [3.8, 4) is 0 Å². The summed E-state index contributed by atoms with van der Waals surface area (Å²) in [6.45, 7) is 7.63. The lowest BCUT2D eigenvalue weighted by atomic mass is 10.1. The summed E-state index contributed by atoms with van der Waals surface area (Å²) in [5.74, 6) is -0.919. The summed E-state index contributed by atoms with van der Waals surface area (Å²) >= 11 is 0. The fourth-order valence-electron chi connectivity index (χ4n) is 2.32. The Balaban J connectivity index is 3.10. The Morgan fingerprint density at radius 1 is 1.31 bits per heavy atom. The predicted octanol–water partition coefficient (Wildman–Crippen LogP) is 2.24. The van der Waals surface area contributed by atoms with E-state index in [0.29, 0.717) is 0 Å². The first-order valence-corrected chi connectivity index (χ1v) is 9.82. The second-order valence-corrected chi connectivity index (χ2v) is 7.50. The smallest absolute Gasteiger partial charge is 0.310 e. The molecule has 0 fully saturated rings. The zero-order valence-electron chi connectivity index (χ0n) is 15.4. The van der Waals surface area contributed by atoms with Crippen LogP contribution in [0.25, 0.3) is 0 Å². The molecule has 10 heteroatoms. The Labute approximate surface area is 153 Å². The molecule has 0 saturated carbocycles. The van der Waals surface area contributed by atoms with Gasteiger partial charge in [0.05, 0.1) is 22.3 Å². The van der Waals surface area contributed by atoms with Crippen molar-refractivity contribution < 1.29 is 22.9 Å². The summed E-state index contributed by atoms with van der Waals surface area (Å²) in [7, 11) is -3.80. The number of nitro benzene ring substituents is 1. The van der Waals surface area contributed by atoms with E-state index >= 15 is 0 Å². The molecule has 0 bridgehead atoms. The molecule has 26 heavy (non-hydrogen) atoms. The van der Waals surface area contributed by atoms with Gasteiger partial charge < -0.3 is 10.1 Å². The Hall–Kier alpha value is -2.20. The zero-order chi connectivity index (χ0) is 19.9. The molecular formula is C16H25N3O6S. The van der Waals surface area contributed by atoms with E-state index in [0.717, 1.165) is 6.07 Å². The van der Waals surface area contributed by atoms with Gasteiger partial charge in [0.15, 0.2) is 0 Å². The van der Waals surface area contributed by atoms with Crippen LogP contribution in [0.5, 0.6) is 0 Å². The summed E-state index contributed by atoms with van der Waals surface area (Å²) in [4.78, 5) is 22.2. The van der Waals surface area contributed by atoms with Crippen LogP contribution < -0.4 is 5.32 Å². The van der Waals surface area contributed by atoms with Crippen LogP contribution in [0.1, 0.15) is 27.7 Å². The number of carbonyl (C=O) groups is 1. The van der Waals surface area contributed by atoms with Crippen LogP contribution in [0.4, 0.5) is 11.4 Å². The van der Waals surface area contributed by atoms with Crippen molar-refractivity contribution in [1.29, 1.82) is 0 Å². The molecule has 1 aromatic rings. The molecule has 1 rings (SSSR count). The fourth-order valence-corrected chi connectivity index (χ4v) is 3.79. The maximum Gasteiger partial charge on any atom is 0.310 e. The molecule has 0 spiro atoms. The van der Waals surface area contributed by atoms with Crippen LogP contribution in [0.15, 0.2) is 23.1 Å². The van der Waals surface area contributed by atoms with Crippen molar-refractivity contribution in [2.24, 2.45) is 5.92 Å². The van der Waals surface area contributed by atoms with E-state index in [4.69, 9.17) is 4.74 Å². The number of nitro groups is 1. The number of ether oxygens (including phenoxy) is 1. The molecule has 0 aromatic heterocycles. The number of esters is 1. The van der Waals surface area contributed by atoms with Crippen LogP contribution in [0, 0.1) is 16.0 Å². The van der Waals surface area contributed by atoms with Gasteiger partial charge in [-0.05, 0) is 19.1 Å². The molecule has 0 saturated heterocycles. The summed E-state index contributed by atoms with van der Waals surface area (Å²) in [6.07, 6.45) is 0. The number of anilines is 1. The van der Waals surface area contributed by atoms with E-state index in [9.17, 15) is 23.3 Å². The second kappa shape index (κ2) is 9.48. The Bertz CT molecular complexity index is 746. The lowest BCUT2D eigenvalue weighted by Crippen LogP contribution is -2.30. The molecule has 0 amide bonds. The molecule has 0 aliphatic rings. The number of hydrogen-bond donors (Lipinski definition) is 1. The Kier molecular flexibility index (Phi) is 7.97. The molecule has 1 atom stereocenters. The topological polar surface area (TPSA) is 119 Å². The van der Waals surface area contributed by atoms with Crippen molar-refractivity contribution in [2.45, 2.75) is 32.6 Å². The number of hydrogen-bond acceptors (Lipinski definition) is 7. The predicted molar refractivity (Wildman–Crippen MR) is 97.5 cm³/mol. The Morgan fingerprint density at radius 2 is 1.92 bits per heavy atom. The minimum atomic E-state index is -3.80. The van der Waals surface area contributed by atoms with Crippen LogP contribution >= 0.6 is 0 Å². The lowest BCUT2D eigenvalue weighted by Gasteiger charge is -2.19. The Morgan fingerprint density at radius 3 is 2.42 bits per heavy atom. The van der Waals surface area contributed by atoms with Crippen molar-refractivity contribution in [3.63, 3.8) is 0 Å². The molecule has 0 unspecified atom stereocenters. The minimum absolute atomic E-state index is 0.127. The summed E-state index contributed by atoms with van der Waals surface area (Å²) in [6, 6.07) is 3.69. The molecule has 0 aliphatic carbocycles. The van der Waals surface area contributed by atoms with E-state index in [-0.39, 0.29) is 42.5 Å². The van der Waals surface area contributed by atoms with Crippen LogP contribution in [0.2, 0.25) is 0 Å². The monoisotopic (exact) mass is 387 g/mol. The molecular weight excluding hydrogens is 362 g/mol. The number of sulfonamides is 1. The van der Waals surface area contributed by atoms with Gasteiger partial charge in [0.25, 0.3) is 5.69 Å². The van der Waals surface area contributed by atoms with Gasteiger partial charge in [-0.15, -0.1) is 0 Å². The van der Waals surface area contributed by atoms with Crippen molar-refractivity contribution >= 4 is 27.4 Å². The van der Waals surface area contributed by atoms with Gasteiger partial charge in [-0.2, -0.15) is 4.31 Å². The molecule has 146 valence electrons. The van der Waals surface area contributed by atoms with E-state index < -0.39 is 26.8 Å². The van der Waals surface area contributed by atoms with Gasteiger partial charge in [-0.25, -0.2) is 8.42 Å². The third kappa shape index (κ3) is 5.15. The van der Waals surface area contributed by atoms with Gasteiger partial charge in [0, 0.05) is 25.7 Å². The molecule has 9 nitrogen and oxygen atoms in total. The largest absolute Gasteiger partial charge is 0.466 e. The lowest BCUT2D eigenvalue weighted by molar-refractivity contribution is -0.384. The normalized spacial score (nSPS) is 12.7. The summed E-state index contributed by atoms with van der Waals surface area (Å²) in [5, 5.41) is 14.2. The van der Waals surface area contributed by atoms with Crippen molar-refractivity contribution in [3.05, 3.63) is 28.3 Å². The average molecular weight is 387 g/mol. The average Bonchev–Trinajstić information content (AvgIpc) is 2.60. The van der Waals surface area contributed by atoms with Gasteiger partial charge >= 0.3 is 5.97 Å². The van der Waals surface area contributed by atoms with Crippen LogP contribution in [-0.2, 0) is 19.6 Å². The van der Waals surface area contributed by atoms with Gasteiger partial charge in [0.2, 0.25) is 10.0 Å². The van der Waals surface area contributed by atoms with Gasteiger partial charge in [-0.3, -0.25) is 14.9 Å². The highest BCUT2D eigenvalue weighted by molar-refractivity contribution is 7.89. The van der Waals surface area contributed by atoms with Gasteiger partial charge in [-0.1, -0.05) is 20.8 Å². The molecule has 1 aromatic carbocycles. The van der Waals surface area contributed by atoms with Crippen molar-refractivity contribution in [2.75, 3.05) is 31.6 Å². The highest BCUT2D eigenvalue weighted by Crippen LogP contribution is 2.29. The quantitative estimate of drug-likeness (QED) is 0.371. The number of benzene rings is 1. The maximum absolute atomic E-state index is 12.5. The first-order chi connectivity index (χ1) is 12.2. The van der Waals surface area contributed by atoms with E-state index in [1.54, 1.807) is 27.7 Å². The number of nitrogens with one attached hydrogen (secondary N) is 1. The molecule has 0 heterocycles. The van der Waals surface area contributed by atoms with Crippen LogP contribution in [-0.4, -0.2) is 49.9 Å². The van der Waals surface area contributed by atoms with E-state index in [2.05, 4.69) is 5.32 Å². The zero-order valence-corrected chi connectivity index (χ0v) is 16.2. The third-order valence-corrected chi connectivity index (χ3v) is 5.84. The highest BCUT2D eigenvalue weighted by atomic mass is 32.2. The first kappa shape index (κ1) is 21.8. The van der Waals surface area contributed by atoms with E-state index in [1.807, 2.05) is 0 Å². The first-order valence-electron chi connectivity index (χ1n) is 8.38. The summed E-state index contributed by atoms with van der Waals surface area (Å²) in [5.41, 5.74) is -0.223. The standard InChI is InChI=1S/C16H25N3O6S/c1-5-18(6-2)26(23,24)13-8-9-14(15(10-13)19(21)22)17-11-12(4)16(20)25-7-3/h8-10,12,17H,5-7,11H2,1-4H3/t12-/m1/s1. The van der Waals surface area contributed by atoms with E-state index in [1.165, 1.54) is 16.4 Å². The highest BCUT2D eigenvalue weighted by Gasteiger charge is 2.26.